The number of aliphatic hydroxyl groups excluding tert-OH is 2. The van der Waals surface area contributed by atoms with E-state index in [1.54, 1.807) is 31.2 Å². The third-order valence-electron chi connectivity index (χ3n) is 5.58. The molecule has 1 amide bonds. The van der Waals surface area contributed by atoms with E-state index >= 15 is 0 Å². The van der Waals surface area contributed by atoms with Crippen LogP contribution in [0.15, 0.2) is 36.1 Å². The topological polar surface area (TPSA) is 95.9 Å². The van der Waals surface area contributed by atoms with Crippen LogP contribution in [-0.2, 0) is 14.3 Å². The summed E-state index contributed by atoms with van der Waals surface area (Å²) in [5, 5.41) is 22.4. The maximum absolute atomic E-state index is 12.0. The summed E-state index contributed by atoms with van der Waals surface area (Å²) in [6.45, 7) is 5.85. The van der Waals surface area contributed by atoms with Gasteiger partial charge >= 0.3 is 5.97 Å². The monoisotopic (exact) mass is 469 g/mol. The Hall–Kier alpha value is -1.63. The van der Waals surface area contributed by atoms with Gasteiger partial charge in [0.1, 0.15) is 11.3 Å². The van der Waals surface area contributed by atoms with Gasteiger partial charge in [-0.2, -0.15) is 0 Å². The normalized spacial score (nSPS) is 21.6. The molecule has 0 saturated carbocycles. The summed E-state index contributed by atoms with van der Waals surface area (Å²) in [6, 6.07) is 0. The molecule has 0 aromatic carbocycles. The highest BCUT2D eigenvalue weighted by molar-refractivity contribution is 6.21. The Labute approximate surface area is 197 Å². The minimum absolute atomic E-state index is 0.112. The number of halogens is 1. The summed E-state index contributed by atoms with van der Waals surface area (Å²) in [6.07, 6.45) is 15.4. The van der Waals surface area contributed by atoms with Gasteiger partial charge in [0.2, 0.25) is 5.91 Å². The predicted molar refractivity (Wildman–Crippen MR) is 128 cm³/mol. The van der Waals surface area contributed by atoms with E-state index in [1.165, 1.54) is 31.8 Å². The number of carbonyl (C=O) groups excluding carboxylic acids is 2. The molecule has 4 atom stereocenters. The van der Waals surface area contributed by atoms with Gasteiger partial charge in [-0.15, -0.1) is 11.6 Å². The minimum atomic E-state index is -0.992. The van der Waals surface area contributed by atoms with E-state index in [0.29, 0.717) is 12.8 Å². The molecule has 0 aromatic heterocycles. The summed E-state index contributed by atoms with van der Waals surface area (Å²) in [5.74, 6) is -1.03. The van der Waals surface area contributed by atoms with E-state index in [1.807, 2.05) is 6.92 Å². The predicted octanol–water partition coefficient (Wildman–Crippen LogP) is 4.68. The summed E-state index contributed by atoms with van der Waals surface area (Å²) in [7, 11) is 0. The van der Waals surface area contributed by atoms with E-state index in [-0.39, 0.29) is 17.5 Å². The van der Waals surface area contributed by atoms with Crippen molar-refractivity contribution in [1.82, 2.24) is 5.32 Å². The minimum Gasteiger partial charge on any atom is -0.450 e. The Bertz CT molecular complexity index is 675. The first-order valence-corrected chi connectivity index (χ1v) is 12.2. The summed E-state index contributed by atoms with van der Waals surface area (Å²) >= 11 is 6.28. The lowest BCUT2D eigenvalue weighted by Crippen LogP contribution is -2.28. The van der Waals surface area contributed by atoms with E-state index < -0.39 is 29.7 Å². The van der Waals surface area contributed by atoms with Crippen LogP contribution >= 0.6 is 11.6 Å². The number of aliphatic hydroxyl groups is 2. The Morgan fingerprint density at radius 3 is 2.53 bits per heavy atom. The van der Waals surface area contributed by atoms with Gasteiger partial charge in [0, 0.05) is 0 Å². The first-order valence-electron chi connectivity index (χ1n) is 11.8. The van der Waals surface area contributed by atoms with Crippen molar-refractivity contribution in [2.24, 2.45) is 0 Å². The zero-order valence-electron chi connectivity index (χ0n) is 19.7. The smallest absolute Gasteiger partial charge is 0.355 e. The third kappa shape index (κ3) is 11.3. The Morgan fingerprint density at radius 1 is 1.19 bits per heavy atom. The Balaban J connectivity index is 2.26. The number of esters is 1. The average Bonchev–Trinajstić information content (AvgIpc) is 3.03. The molecule has 1 aliphatic rings. The van der Waals surface area contributed by atoms with Crippen molar-refractivity contribution in [1.29, 1.82) is 0 Å². The number of carbonyl (C=O) groups is 2. The molecule has 0 spiro atoms. The molecular weight excluding hydrogens is 430 g/mol. The van der Waals surface area contributed by atoms with Crippen LogP contribution in [0.5, 0.6) is 0 Å². The fraction of sp³-hybridized carbons (Fsp3) is 0.680. The number of alkyl halides is 1. The molecule has 32 heavy (non-hydrogen) atoms. The molecule has 0 saturated heterocycles. The molecule has 1 aliphatic heterocycles. The van der Waals surface area contributed by atoms with E-state index in [4.69, 9.17) is 16.3 Å². The summed E-state index contributed by atoms with van der Waals surface area (Å²) in [5.41, 5.74) is -0.592. The second kappa shape index (κ2) is 15.3. The van der Waals surface area contributed by atoms with Gasteiger partial charge in [-0.25, -0.2) is 4.79 Å². The van der Waals surface area contributed by atoms with Crippen LogP contribution in [0.1, 0.15) is 85.0 Å². The largest absolute Gasteiger partial charge is 0.450 e. The molecule has 1 rings (SSSR count). The van der Waals surface area contributed by atoms with Crippen LogP contribution in [0.2, 0.25) is 0 Å². The first-order chi connectivity index (χ1) is 15.2. The van der Waals surface area contributed by atoms with E-state index in [9.17, 15) is 19.8 Å². The third-order valence-corrected chi connectivity index (χ3v) is 6.08. The quantitative estimate of drug-likeness (QED) is 0.132. The van der Waals surface area contributed by atoms with Crippen molar-refractivity contribution in [2.45, 2.75) is 108 Å². The van der Waals surface area contributed by atoms with Crippen molar-refractivity contribution in [3.05, 3.63) is 36.1 Å². The molecule has 182 valence electrons. The maximum atomic E-state index is 12.0. The zero-order chi connectivity index (χ0) is 24.0. The number of unbranched alkanes of at least 4 members (excludes halogenated alkanes) is 5. The molecular formula is C25H40ClNO5. The van der Waals surface area contributed by atoms with Crippen LogP contribution in [0.4, 0.5) is 0 Å². The van der Waals surface area contributed by atoms with Crippen molar-refractivity contribution in [2.75, 3.05) is 0 Å². The van der Waals surface area contributed by atoms with Gasteiger partial charge in [-0.3, -0.25) is 4.79 Å². The second-order valence-corrected chi connectivity index (χ2v) is 9.18. The van der Waals surface area contributed by atoms with Gasteiger partial charge in [0.25, 0.3) is 0 Å². The second-order valence-electron chi connectivity index (χ2n) is 8.62. The summed E-state index contributed by atoms with van der Waals surface area (Å²) in [4.78, 5) is 23.9. The molecule has 0 radical (unpaired) electrons. The van der Waals surface area contributed by atoms with Gasteiger partial charge in [-0.1, -0.05) is 76.7 Å². The number of amides is 1. The van der Waals surface area contributed by atoms with Crippen molar-refractivity contribution >= 4 is 23.5 Å². The number of cyclic esters (lactones) is 1. The lowest BCUT2D eigenvalue weighted by atomic mass is 10.0. The Kier molecular flexibility index (Phi) is 13.5. The molecule has 6 nitrogen and oxygen atoms in total. The van der Waals surface area contributed by atoms with Gasteiger partial charge in [-0.05, 0) is 32.3 Å². The van der Waals surface area contributed by atoms with Crippen molar-refractivity contribution < 1.29 is 24.5 Å². The highest BCUT2D eigenvalue weighted by Crippen LogP contribution is 2.26. The lowest BCUT2D eigenvalue weighted by molar-refractivity contribution is -0.146. The molecule has 3 N–H and O–H groups in total. The van der Waals surface area contributed by atoms with Gasteiger partial charge in [0.15, 0.2) is 0 Å². The fourth-order valence-electron chi connectivity index (χ4n) is 3.33. The summed E-state index contributed by atoms with van der Waals surface area (Å²) < 4.78 is 5.22. The highest BCUT2D eigenvalue weighted by atomic mass is 35.5. The standard InChI is InChI=1S/C25H40ClNO5/c1-4-6-7-8-9-12-15-20(26)22(29)16-13-10-11-14-19(28)17-23(30)27-21-18-25(3,5-2)32-24(21)31/h10-11,13-14,18-20,22,28-29H,4-9,12,15-17H2,1-3H3,(H,27,30). The van der Waals surface area contributed by atoms with Crippen molar-refractivity contribution in [3.8, 4) is 0 Å². The zero-order valence-corrected chi connectivity index (χ0v) is 20.4. The number of rotatable bonds is 16. The number of nitrogens with one attached hydrogen (secondary N) is 1. The molecule has 0 aliphatic carbocycles. The molecule has 0 bridgehead atoms. The number of allylic oxidation sites excluding steroid dienone is 2. The highest BCUT2D eigenvalue weighted by Gasteiger charge is 2.35. The first kappa shape index (κ1) is 28.4. The molecule has 0 fully saturated rings. The number of hydrogen-bond acceptors (Lipinski definition) is 5. The molecule has 1 heterocycles. The molecule has 7 heteroatoms. The van der Waals surface area contributed by atoms with Crippen molar-refractivity contribution in [3.63, 3.8) is 0 Å². The SMILES string of the molecule is CCCCCCCCC(Cl)C(O)CC=CC=CC(O)CC(=O)NC1=CC(C)(CC)OC1=O. The maximum Gasteiger partial charge on any atom is 0.355 e. The average molecular weight is 470 g/mol. The number of ether oxygens (including phenoxy) is 1. The molecule has 4 unspecified atom stereocenters. The van der Waals surface area contributed by atoms with E-state index in [0.717, 1.165) is 19.3 Å². The lowest BCUT2D eigenvalue weighted by Gasteiger charge is -2.17. The van der Waals surface area contributed by atoms with Crippen LogP contribution in [0.3, 0.4) is 0 Å². The Morgan fingerprint density at radius 2 is 1.88 bits per heavy atom. The van der Waals surface area contributed by atoms with Gasteiger partial charge in [0.05, 0.1) is 24.0 Å². The fourth-order valence-corrected chi connectivity index (χ4v) is 3.59. The van der Waals surface area contributed by atoms with Crippen LogP contribution in [0, 0.1) is 0 Å². The van der Waals surface area contributed by atoms with Crippen LogP contribution in [-0.4, -0.2) is 45.3 Å². The van der Waals surface area contributed by atoms with E-state index in [2.05, 4.69) is 12.2 Å². The van der Waals surface area contributed by atoms with Crippen LogP contribution < -0.4 is 5.32 Å². The number of hydrogen-bond donors (Lipinski definition) is 3. The van der Waals surface area contributed by atoms with Gasteiger partial charge < -0.3 is 20.3 Å². The van der Waals surface area contributed by atoms with Crippen LogP contribution in [0.25, 0.3) is 0 Å². The molecule has 0 aromatic rings.